The molecule has 0 spiro atoms. The van der Waals surface area contributed by atoms with E-state index in [0.717, 1.165) is 16.8 Å². The predicted octanol–water partition coefficient (Wildman–Crippen LogP) is 2.83. The van der Waals surface area contributed by atoms with Gasteiger partial charge in [0.05, 0.1) is 17.2 Å². The van der Waals surface area contributed by atoms with Crippen LogP contribution in [0.3, 0.4) is 0 Å². The van der Waals surface area contributed by atoms with Crippen LogP contribution in [0.15, 0.2) is 70.4 Å². The molecule has 1 N–H and O–H groups in total. The van der Waals surface area contributed by atoms with Crippen LogP contribution in [0.1, 0.15) is 31.4 Å². The summed E-state index contributed by atoms with van der Waals surface area (Å²) in [6.45, 7) is 2.38. The van der Waals surface area contributed by atoms with Gasteiger partial charge in [-0.3, -0.25) is 9.36 Å². The molecule has 0 saturated heterocycles. The Bertz CT molecular complexity index is 1160. The van der Waals surface area contributed by atoms with Crippen LogP contribution in [0.2, 0.25) is 0 Å². The number of carbonyl (C=O) groups excluding carboxylic acids is 1. The van der Waals surface area contributed by atoms with Gasteiger partial charge < -0.3 is 9.73 Å². The Kier molecular flexibility index (Phi) is 5.24. The number of para-hydroxylation sites is 2. The lowest BCUT2D eigenvalue weighted by Gasteiger charge is -2.15. The second-order valence-electron chi connectivity index (χ2n) is 6.81. The number of nitrogens with zero attached hydrogens (tertiary/aromatic N) is 4. The van der Waals surface area contributed by atoms with Crippen molar-refractivity contribution in [2.75, 3.05) is 0 Å². The van der Waals surface area contributed by atoms with E-state index in [1.54, 1.807) is 21.6 Å². The SMILES string of the molecule is C[C@H](NC(=O)CCCn1c(=O)oc2ccccc21)c1ccc(-n2cncn2)cc1. The van der Waals surface area contributed by atoms with Crippen molar-refractivity contribution in [1.82, 2.24) is 24.6 Å². The van der Waals surface area contributed by atoms with Crippen LogP contribution in [0, 0.1) is 0 Å². The van der Waals surface area contributed by atoms with Crippen molar-refractivity contribution in [3.8, 4) is 5.69 Å². The van der Waals surface area contributed by atoms with E-state index in [4.69, 9.17) is 4.42 Å². The Balaban J connectivity index is 1.31. The number of aromatic nitrogens is 4. The van der Waals surface area contributed by atoms with Crippen LogP contribution < -0.4 is 11.1 Å². The summed E-state index contributed by atoms with van der Waals surface area (Å²) < 4.78 is 8.45. The number of benzene rings is 2. The van der Waals surface area contributed by atoms with Crippen molar-refractivity contribution < 1.29 is 9.21 Å². The summed E-state index contributed by atoms with van der Waals surface area (Å²) in [6.07, 6.45) is 3.99. The van der Waals surface area contributed by atoms with Crippen LogP contribution in [-0.4, -0.2) is 25.2 Å². The molecule has 2 aromatic carbocycles. The van der Waals surface area contributed by atoms with Gasteiger partial charge in [0.15, 0.2) is 5.58 Å². The smallest absolute Gasteiger partial charge is 0.408 e. The van der Waals surface area contributed by atoms with Gasteiger partial charge >= 0.3 is 5.76 Å². The van der Waals surface area contributed by atoms with Gasteiger partial charge in [0.25, 0.3) is 0 Å². The molecule has 29 heavy (non-hydrogen) atoms. The number of hydrogen-bond acceptors (Lipinski definition) is 5. The second kappa shape index (κ2) is 8.14. The molecule has 4 rings (SSSR count). The molecule has 2 aromatic heterocycles. The lowest BCUT2D eigenvalue weighted by Crippen LogP contribution is -2.27. The molecular weight excluding hydrogens is 370 g/mol. The summed E-state index contributed by atoms with van der Waals surface area (Å²) in [7, 11) is 0. The molecule has 0 aliphatic carbocycles. The highest BCUT2D eigenvalue weighted by atomic mass is 16.4. The zero-order chi connectivity index (χ0) is 20.2. The first-order valence-corrected chi connectivity index (χ1v) is 9.44. The largest absolute Gasteiger partial charge is 0.419 e. The molecule has 1 amide bonds. The fourth-order valence-electron chi connectivity index (χ4n) is 3.28. The van der Waals surface area contributed by atoms with Crippen molar-refractivity contribution in [1.29, 1.82) is 0 Å². The maximum atomic E-state index is 12.3. The molecule has 0 aliphatic heterocycles. The lowest BCUT2D eigenvalue weighted by molar-refractivity contribution is -0.121. The topological polar surface area (TPSA) is 95.0 Å². The highest BCUT2D eigenvalue weighted by Crippen LogP contribution is 2.16. The van der Waals surface area contributed by atoms with E-state index >= 15 is 0 Å². The Morgan fingerprint density at radius 1 is 1.17 bits per heavy atom. The fraction of sp³-hybridized carbons (Fsp3) is 0.238. The first kappa shape index (κ1) is 18.7. The molecular formula is C21H21N5O3. The molecule has 0 unspecified atom stereocenters. The van der Waals surface area contributed by atoms with Crippen molar-refractivity contribution in [2.45, 2.75) is 32.4 Å². The Morgan fingerprint density at radius 3 is 2.72 bits per heavy atom. The zero-order valence-electron chi connectivity index (χ0n) is 16.0. The van der Waals surface area contributed by atoms with E-state index in [1.807, 2.05) is 49.4 Å². The maximum Gasteiger partial charge on any atom is 0.419 e. The maximum absolute atomic E-state index is 12.3. The van der Waals surface area contributed by atoms with Crippen molar-refractivity contribution in [3.05, 3.63) is 77.3 Å². The number of rotatable bonds is 7. The highest BCUT2D eigenvalue weighted by molar-refractivity contribution is 5.76. The van der Waals surface area contributed by atoms with Crippen LogP contribution in [0.5, 0.6) is 0 Å². The third-order valence-electron chi connectivity index (χ3n) is 4.81. The molecule has 8 nitrogen and oxygen atoms in total. The third kappa shape index (κ3) is 4.11. The molecule has 1 atom stereocenters. The molecule has 0 bridgehead atoms. The second-order valence-corrected chi connectivity index (χ2v) is 6.81. The average molecular weight is 391 g/mol. The molecule has 148 valence electrons. The van der Waals surface area contributed by atoms with Crippen LogP contribution in [-0.2, 0) is 11.3 Å². The Hall–Kier alpha value is -3.68. The van der Waals surface area contributed by atoms with E-state index in [2.05, 4.69) is 15.4 Å². The van der Waals surface area contributed by atoms with Gasteiger partial charge in [0.1, 0.15) is 12.7 Å². The molecule has 0 fully saturated rings. The molecule has 4 aromatic rings. The van der Waals surface area contributed by atoms with Gasteiger partial charge in [-0.1, -0.05) is 24.3 Å². The van der Waals surface area contributed by atoms with E-state index in [0.29, 0.717) is 25.0 Å². The average Bonchev–Trinajstić information content (AvgIpc) is 3.36. The molecule has 0 radical (unpaired) electrons. The van der Waals surface area contributed by atoms with Crippen LogP contribution in [0.4, 0.5) is 0 Å². The van der Waals surface area contributed by atoms with Gasteiger partial charge in [-0.05, 0) is 43.2 Å². The number of amides is 1. The number of carbonyl (C=O) groups is 1. The zero-order valence-corrected chi connectivity index (χ0v) is 16.0. The minimum absolute atomic E-state index is 0.0568. The predicted molar refractivity (Wildman–Crippen MR) is 108 cm³/mol. The normalized spacial score (nSPS) is 12.2. The summed E-state index contributed by atoms with van der Waals surface area (Å²) in [5.74, 6) is -0.453. The van der Waals surface area contributed by atoms with Gasteiger partial charge in [-0.25, -0.2) is 14.5 Å². The summed E-state index contributed by atoms with van der Waals surface area (Å²) >= 11 is 0. The molecule has 0 saturated carbocycles. The number of oxazole rings is 1. The van der Waals surface area contributed by atoms with Crippen molar-refractivity contribution in [3.63, 3.8) is 0 Å². The van der Waals surface area contributed by atoms with E-state index in [-0.39, 0.29) is 11.9 Å². The van der Waals surface area contributed by atoms with E-state index in [9.17, 15) is 9.59 Å². The Labute approximate surface area is 166 Å². The first-order chi connectivity index (χ1) is 14.1. The minimum atomic E-state index is -0.396. The molecule has 0 aliphatic rings. The number of nitrogens with one attached hydrogen (secondary N) is 1. The monoisotopic (exact) mass is 391 g/mol. The molecule has 2 heterocycles. The van der Waals surface area contributed by atoms with E-state index in [1.165, 1.54) is 6.33 Å². The standard InChI is InChI=1S/C21H21N5O3/c1-15(16-8-10-17(11-9-16)26-14-22-13-23-26)24-20(27)7-4-12-25-18-5-2-3-6-19(18)29-21(25)28/h2-3,5-6,8-11,13-15H,4,7,12H2,1H3,(H,24,27)/t15-/m0/s1. The van der Waals surface area contributed by atoms with Gasteiger partial charge in [0, 0.05) is 13.0 Å². The van der Waals surface area contributed by atoms with Gasteiger partial charge in [-0.15, -0.1) is 0 Å². The number of aryl methyl sites for hydroxylation is 1. The van der Waals surface area contributed by atoms with Crippen molar-refractivity contribution >= 4 is 17.0 Å². The van der Waals surface area contributed by atoms with Gasteiger partial charge in [0.2, 0.25) is 5.91 Å². The lowest BCUT2D eigenvalue weighted by atomic mass is 10.1. The number of fused-ring (bicyclic) bond motifs is 1. The number of hydrogen-bond donors (Lipinski definition) is 1. The highest BCUT2D eigenvalue weighted by Gasteiger charge is 2.12. The van der Waals surface area contributed by atoms with Crippen molar-refractivity contribution in [2.24, 2.45) is 0 Å². The first-order valence-electron chi connectivity index (χ1n) is 9.44. The fourth-order valence-corrected chi connectivity index (χ4v) is 3.28. The van der Waals surface area contributed by atoms with Crippen LogP contribution >= 0.6 is 0 Å². The summed E-state index contributed by atoms with van der Waals surface area (Å²) in [4.78, 5) is 28.2. The third-order valence-corrected chi connectivity index (χ3v) is 4.81. The summed E-state index contributed by atoms with van der Waals surface area (Å²) in [6, 6.07) is 14.9. The molecule has 8 heteroatoms. The Morgan fingerprint density at radius 2 is 1.97 bits per heavy atom. The van der Waals surface area contributed by atoms with Crippen LogP contribution in [0.25, 0.3) is 16.8 Å². The van der Waals surface area contributed by atoms with Gasteiger partial charge in [-0.2, -0.15) is 5.10 Å². The quantitative estimate of drug-likeness (QED) is 0.523. The summed E-state index contributed by atoms with van der Waals surface area (Å²) in [5, 5.41) is 7.09. The van der Waals surface area contributed by atoms with E-state index < -0.39 is 5.76 Å². The summed E-state index contributed by atoms with van der Waals surface area (Å²) in [5.41, 5.74) is 3.21. The minimum Gasteiger partial charge on any atom is -0.408 e.